The van der Waals surface area contributed by atoms with Gasteiger partial charge in [0.15, 0.2) is 0 Å². The van der Waals surface area contributed by atoms with Crippen molar-refractivity contribution in [1.29, 1.82) is 0 Å². The van der Waals surface area contributed by atoms with Crippen LogP contribution in [0.25, 0.3) is 0 Å². The second-order valence-corrected chi connectivity index (χ2v) is 5.55. The molecule has 1 saturated heterocycles. The minimum atomic E-state index is -0.128. The molecule has 0 aromatic rings. The summed E-state index contributed by atoms with van der Waals surface area (Å²) in [4.78, 5) is 4.51. The fourth-order valence-electron chi connectivity index (χ4n) is 1.41. The zero-order valence-corrected chi connectivity index (χ0v) is 10.6. The molecule has 0 bridgehead atoms. The molecular formula is C12H19NOS. The lowest BCUT2D eigenvalue weighted by molar-refractivity contribution is -0.00491. The minimum Gasteiger partial charge on any atom is -0.370 e. The molecule has 1 aliphatic heterocycles. The van der Waals surface area contributed by atoms with Crippen molar-refractivity contribution in [3.63, 3.8) is 0 Å². The molecule has 0 unspecified atom stereocenters. The molecule has 1 aliphatic rings. The molecule has 1 rings (SSSR count). The Morgan fingerprint density at radius 2 is 2.27 bits per heavy atom. The van der Waals surface area contributed by atoms with Gasteiger partial charge >= 0.3 is 0 Å². The highest BCUT2D eigenvalue weighted by Crippen LogP contribution is 2.26. The van der Waals surface area contributed by atoms with Crippen molar-refractivity contribution in [2.75, 3.05) is 12.4 Å². The maximum absolute atomic E-state index is 5.63. The van der Waals surface area contributed by atoms with Crippen LogP contribution in [0.4, 0.5) is 0 Å². The van der Waals surface area contributed by atoms with E-state index in [0.29, 0.717) is 6.61 Å². The summed E-state index contributed by atoms with van der Waals surface area (Å²) in [5, 5.41) is 0.867. The van der Waals surface area contributed by atoms with Gasteiger partial charge in [0.25, 0.3) is 0 Å². The summed E-state index contributed by atoms with van der Waals surface area (Å²) in [6, 6.07) is 0. The molecule has 2 nitrogen and oxygen atoms in total. The molecule has 0 aliphatic carbocycles. The molecule has 0 spiro atoms. The van der Waals surface area contributed by atoms with Crippen molar-refractivity contribution in [1.82, 2.24) is 0 Å². The molecule has 1 fully saturated rings. The van der Waals surface area contributed by atoms with E-state index in [1.165, 1.54) is 0 Å². The van der Waals surface area contributed by atoms with Gasteiger partial charge in [-0.05, 0) is 25.2 Å². The lowest BCUT2D eigenvalue weighted by Crippen LogP contribution is -2.35. The SMILES string of the molecule is C=C(N=C1CC(C)(C)OCC1=C)SCC. The van der Waals surface area contributed by atoms with Gasteiger partial charge in [0, 0.05) is 12.1 Å². The zero-order valence-electron chi connectivity index (χ0n) is 9.80. The predicted octanol–water partition coefficient (Wildman–Crippen LogP) is 3.41. The molecule has 0 amide bonds. The van der Waals surface area contributed by atoms with E-state index in [4.69, 9.17) is 4.74 Å². The van der Waals surface area contributed by atoms with Crippen molar-refractivity contribution >= 4 is 17.5 Å². The van der Waals surface area contributed by atoms with Crippen LogP contribution in [-0.2, 0) is 4.74 Å². The van der Waals surface area contributed by atoms with Crippen LogP contribution in [0.2, 0.25) is 0 Å². The topological polar surface area (TPSA) is 21.6 Å². The van der Waals surface area contributed by atoms with E-state index >= 15 is 0 Å². The van der Waals surface area contributed by atoms with E-state index in [1.54, 1.807) is 11.8 Å². The maximum atomic E-state index is 5.63. The van der Waals surface area contributed by atoms with Gasteiger partial charge in [-0.2, -0.15) is 0 Å². The summed E-state index contributed by atoms with van der Waals surface area (Å²) in [7, 11) is 0. The standard InChI is InChI=1S/C12H19NOS/c1-6-15-10(3)13-11-7-12(4,5)14-8-9(11)2/h2-3,6-8H2,1,4-5H3. The third kappa shape index (κ3) is 3.84. The molecule has 84 valence electrons. The normalized spacial score (nSPS) is 23.1. The number of rotatable bonds is 3. The fourth-order valence-corrected chi connectivity index (χ4v) is 1.92. The van der Waals surface area contributed by atoms with Gasteiger partial charge in [-0.3, -0.25) is 0 Å². The molecule has 3 heteroatoms. The molecule has 0 atom stereocenters. The Morgan fingerprint density at radius 1 is 1.60 bits per heavy atom. The largest absolute Gasteiger partial charge is 0.370 e. The van der Waals surface area contributed by atoms with Gasteiger partial charge in [-0.1, -0.05) is 20.1 Å². The summed E-state index contributed by atoms with van der Waals surface area (Å²) >= 11 is 1.66. The van der Waals surface area contributed by atoms with E-state index in [9.17, 15) is 0 Å². The predicted molar refractivity (Wildman–Crippen MR) is 68.5 cm³/mol. The summed E-state index contributed by atoms with van der Waals surface area (Å²) in [6.45, 7) is 14.7. The molecule has 15 heavy (non-hydrogen) atoms. The first-order valence-electron chi connectivity index (χ1n) is 5.16. The van der Waals surface area contributed by atoms with E-state index in [2.05, 4.69) is 38.9 Å². The maximum Gasteiger partial charge on any atom is 0.0891 e. The van der Waals surface area contributed by atoms with Crippen molar-refractivity contribution < 1.29 is 4.74 Å². The third-order valence-corrected chi connectivity index (χ3v) is 2.92. The van der Waals surface area contributed by atoms with E-state index in [1.807, 2.05) is 0 Å². The van der Waals surface area contributed by atoms with Crippen LogP contribution in [0.1, 0.15) is 27.2 Å². The number of hydrogen-bond donors (Lipinski definition) is 0. The molecular weight excluding hydrogens is 206 g/mol. The first-order valence-corrected chi connectivity index (χ1v) is 6.14. The van der Waals surface area contributed by atoms with Gasteiger partial charge < -0.3 is 4.74 Å². The Hall–Kier alpha value is -0.540. The highest BCUT2D eigenvalue weighted by atomic mass is 32.2. The Labute approximate surface area is 96.5 Å². The van der Waals surface area contributed by atoms with Crippen LogP contribution in [0, 0.1) is 0 Å². The van der Waals surface area contributed by atoms with Crippen LogP contribution in [0.15, 0.2) is 28.8 Å². The Morgan fingerprint density at radius 3 is 2.87 bits per heavy atom. The van der Waals surface area contributed by atoms with Crippen LogP contribution in [0.3, 0.4) is 0 Å². The quantitative estimate of drug-likeness (QED) is 0.734. The van der Waals surface area contributed by atoms with Crippen molar-refractivity contribution in [3.05, 3.63) is 23.8 Å². The second-order valence-electron chi connectivity index (χ2n) is 4.21. The molecule has 0 N–H and O–H groups in total. The number of ether oxygens (including phenoxy) is 1. The van der Waals surface area contributed by atoms with Gasteiger partial charge in [-0.15, -0.1) is 11.8 Å². The number of hydrogen-bond acceptors (Lipinski definition) is 3. The van der Waals surface area contributed by atoms with Crippen LogP contribution < -0.4 is 0 Å². The van der Waals surface area contributed by atoms with Crippen molar-refractivity contribution in [2.45, 2.75) is 32.8 Å². The fraction of sp³-hybridized carbons (Fsp3) is 0.583. The molecule has 0 saturated carbocycles. The lowest BCUT2D eigenvalue weighted by atomic mass is 9.94. The van der Waals surface area contributed by atoms with Crippen LogP contribution >= 0.6 is 11.8 Å². The minimum absolute atomic E-state index is 0.128. The van der Waals surface area contributed by atoms with E-state index < -0.39 is 0 Å². The Bertz CT molecular complexity index is 305. The summed E-state index contributed by atoms with van der Waals surface area (Å²) in [6.07, 6.45) is 0.815. The first kappa shape index (κ1) is 12.5. The molecule has 0 radical (unpaired) electrons. The smallest absolute Gasteiger partial charge is 0.0891 e. The van der Waals surface area contributed by atoms with Gasteiger partial charge in [0.05, 0.1) is 17.2 Å². The van der Waals surface area contributed by atoms with Gasteiger partial charge in [0.1, 0.15) is 0 Å². The Kier molecular flexibility index (Phi) is 4.17. The molecule has 0 aromatic carbocycles. The molecule has 1 heterocycles. The number of nitrogens with zero attached hydrogens (tertiary/aromatic N) is 1. The first-order chi connectivity index (χ1) is 6.94. The average Bonchev–Trinajstić information content (AvgIpc) is 2.11. The van der Waals surface area contributed by atoms with Crippen molar-refractivity contribution in [3.8, 4) is 0 Å². The van der Waals surface area contributed by atoms with Crippen LogP contribution in [-0.4, -0.2) is 23.7 Å². The number of aliphatic imine (C=N–C) groups is 1. The van der Waals surface area contributed by atoms with Crippen molar-refractivity contribution in [2.24, 2.45) is 4.99 Å². The summed E-state index contributed by atoms with van der Waals surface area (Å²) in [5.74, 6) is 1.00. The lowest BCUT2D eigenvalue weighted by Gasteiger charge is -2.32. The van der Waals surface area contributed by atoms with E-state index in [0.717, 1.165) is 28.5 Å². The Balaban J connectivity index is 2.74. The summed E-state index contributed by atoms with van der Waals surface area (Å²) < 4.78 is 5.63. The van der Waals surface area contributed by atoms with E-state index in [-0.39, 0.29) is 5.60 Å². The van der Waals surface area contributed by atoms with Crippen LogP contribution in [0.5, 0.6) is 0 Å². The number of thioether (sulfide) groups is 1. The monoisotopic (exact) mass is 225 g/mol. The molecule has 0 aromatic heterocycles. The van der Waals surface area contributed by atoms with Gasteiger partial charge in [0.2, 0.25) is 0 Å². The highest BCUT2D eigenvalue weighted by molar-refractivity contribution is 8.03. The summed E-state index contributed by atoms with van der Waals surface area (Å²) in [5.41, 5.74) is 1.89. The second kappa shape index (κ2) is 4.99. The highest BCUT2D eigenvalue weighted by Gasteiger charge is 2.28. The third-order valence-electron chi connectivity index (χ3n) is 2.21. The van der Waals surface area contributed by atoms with Gasteiger partial charge in [-0.25, -0.2) is 4.99 Å². The average molecular weight is 225 g/mol. The zero-order chi connectivity index (χ0) is 11.5.